The van der Waals surface area contributed by atoms with E-state index < -0.39 is 0 Å². The normalized spacial score (nSPS) is 11.2. The minimum Gasteiger partial charge on any atom is -0.467 e. The summed E-state index contributed by atoms with van der Waals surface area (Å²) in [6.45, 7) is 2.60. The Kier molecular flexibility index (Phi) is 4.47. The van der Waals surface area contributed by atoms with Gasteiger partial charge < -0.3 is 18.2 Å². The molecule has 118 valence electrons. The van der Waals surface area contributed by atoms with Gasteiger partial charge in [0.1, 0.15) is 23.0 Å². The first-order chi connectivity index (χ1) is 11.2. The molecular weight excluding hydrogens is 294 g/mol. The van der Waals surface area contributed by atoms with Crippen LogP contribution in [0.2, 0.25) is 0 Å². The Balaban J connectivity index is 1.73. The number of nitrogens with zero attached hydrogens (tertiary/aromatic N) is 1. The summed E-state index contributed by atoms with van der Waals surface area (Å²) in [6.07, 6.45) is 6.33. The van der Waals surface area contributed by atoms with Crippen molar-refractivity contribution in [1.29, 1.82) is 0 Å². The summed E-state index contributed by atoms with van der Waals surface area (Å²) in [5, 5.41) is 0. The number of rotatable bonds is 6. The molecule has 5 nitrogen and oxygen atoms in total. The summed E-state index contributed by atoms with van der Waals surface area (Å²) in [5.74, 6) is 2.73. The van der Waals surface area contributed by atoms with Crippen LogP contribution in [0.1, 0.15) is 23.0 Å². The lowest BCUT2D eigenvalue weighted by Gasteiger charge is -2.18. The van der Waals surface area contributed by atoms with Crippen LogP contribution < -0.4 is 0 Å². The Hall–Kier alpha value is -2.95. The van der Waals surface area contributed by atoms with E-state index in [2.05, 4.69) is 0 Å². The van der Waals surface area contributed by atoms with Gasteiger partial charge in [-0.3, -0.25) is 4.79 Å². The molecule has 0 aliphatic carbocycles. The summed E-state index contributed by atoms with van der Waals surface area (Å²) >= 11 is 0. The second kappa shape index (κ2) is 6.87. The van der Waals surface area contributed by atoms with Crippen LogP contribution in [0.25, 0.3) is 6.08 Å². The smallest absolute Gasteiger partial charge is 0.247 e. The monoisotopic (exact) mass is 311 g/mol. The van der Waals surface area contributed by atoms with Crippen LogP contribution in [0, 0.1) is 6.92 Å². The first kappa shape index (κ1) is 15.0. The molecule has 1 amide bonds. The van der Waals surface area contributed by atoms with Crippen molar-refractivity contribution in [2.75, 3.05) is 0 Å². The zero-order valence-corrected chi connectivity index (χ0v) is 12.8. The summed E-state index contributed by atoms with van der Waals surface area (Å²) < 4.78 is 16.1. The maximum absolute atomic E-state index is 12.5. The van der Waals surface area contributed by atoms with Crippen molar-refractivity contribution in [1.82, 2.24) is 4.90 Å². The van der Waals surface area contributed by atoms with Crippen LogP contribution >= 0.6 is 0 Å². The number of carbonyl (C=O) groups is 1. The number of amides is 1. The van der Waals surface area contributed by atoms with Crippen molar-refractivity contribution in [2.45, 2.75) is 20.0 Å². The Morgan fingerprint density at radius 3 is 2.17 bits per heavy atom. The van der Waals surface area contributed by atoms with E-state index in [-0.39, 0.29) is 5.91 Å². The van der Waals surface area contributed by atoms with Crippen molar-refractivity contribution >= 4 is 12.0 Å². The van der Waals surface area contributed by atoms with Crippen molar-refractivity contribution in [2.24, 2.45) is 0 Å². The third-order valence-corrected chi connectivity index (χ3v) is 3.32. The van der Waals surface area contributed by atoms with Crippen molar-refractivity contribution in [3.05, 3.63) is 78.0 Å². The fourth-order valence-corrected chi connectivity index (χ4v) is 2.19. The molecule has 0 N–H and O–H groups in total. The highest BCUT2D eigenvalue weighted by Crippen LogP contribution is 2.13. The average molecular weight is 311 g/mol. The minimum absolute atomic E-state index is 0.146. The van der Waals surface area contributed by atoms with Gasteiger partial charge in [-0.05, 0) is 49.4 Å². The molecule has 23 heavy (non-hydrogen) atoms. The first-order valence-electron chi connectivity index (χ1n) is 7.29. The standard InChI is InChI=1S/C18H17NO4/c1-14-6-7-15(23-14)8-9-18(20)19(12-16-4-2-10-21-16)13-17-5-3-11-22-17/h2-11H,12-13H2,1H3/b9-8+. The molecule has 0 atom stereocenters. The molecular formula is C18H17NO4. The molecule has 0 bridgehead atoms. The summed E-state index contributed by atoms with van der Waals surface area (Å²) in [4.78, 5) is 14.1. The van der Waals surface area contributed by atoms with Crippen LogP contribution in [0.5, 0.6) is 0 Å². The van der Waals surface area contributed by atoms with Crippen LogP contribution in [0.3, 0.4) is 0 Å². The lowest BCUT2D eigenvalue weighted by Crippen LogP contribution is -2.28. The molecule has 0 saturated carbocycles. The molecule has 0 spiro atoms. The number of hydrogen-bond acceptors (Lipinski definition) is 4. The second-order valence-corrected chi connectivity index (χ2v) is 5.13. The molecule has 5 heteroatoms. The van der Waals surface area contributed by atoms with E-state index >= 15 is 0 Å². The van der Waals surface area contributed by atoms with E-state index in [1.54, 1.807) is 35.6 Å². The highest BCUT2D eigenvalue weighted by atomic mass is 16.3. The van der Waals surface area contributed by atoms with Crippen molar-refractivity contribution in [3.63, 3.8) is 0 Å². The van der Waals surface area contributed by atoms with Gasteiger partial charge in [-0.2, -0.15) is 0 Å². The van der Waals surface area contributed by atoms with Crippen molar-refractivity contribution in [3.8, 4) is 0 Å². The quantitative estimate of drug-likeness (QED) is 0.645. The van der Waals surface area contributed by atoms with E-state index in [9.17, 15) is 4.79 Å². The molecule has 3 heterocycles. The summed E-state index contributed by atoms with van der Waals surface area (Å²) in [7, 11) is 0. The minimum atomic E-state index is -0.146. The van der Waals surface area contributed by atoms with Gasteiger partial charge in [-0.1, -0.05) is 0 Å². The molecule has 0 aliphatic heterocycles. The van der Waals surface area contributed by atoms with Gasteiger partial charge in [0.15, 0.2) is 0 Å². The Labute approximate surface area is 133 Å². The van der Waals surface area contributed by atoms with E-state index in [1.807, 2.05) is 31.2 Å². The third kappa shape index (κ3) is 4.03. The Bertz CT molecular complexity index is 730. The Morgan fingerprint density at radius 1 is 1.04 bits per heavy atom. The molecule has 3 aromatic rings. The maximum Gasteiger partial charge on any atom is 0.247 e. The van der Waals surface area contributed by atoms with Gasteiger partial charge >= 0.3 is 0 Å². The molecule has 0 radical (unpaired) electrons. The van der Waals surface area contributed by atoms with Gasteiger partial charge in [-0.25, -0.2) is 0 Å². The van der Waals surface area contributed by atoms with Gasteiger partial charge in [-0.15, -0.1) is 0 Å². The highest BCUT2D eigenvalue weighted by molar-refractivity contribution is 5.91. The van der Waals surface area contributed by atoms with Crippen LogP contribution in [-0.2, 0) is 17.9 Å². The molecule has 0 aromatic carbocycles. The third-order valence-electron chi connectivity index (χ3n) is 3.32. The molecule has 0 aliphatic rings. The van der Waals surface area contributed by atoms with Gasteiger partial charge in [0, 0.05) is 6.08 Å². The topological polar surface area (TPSA) is 59.7 Å². The van der Waals surface area contributed by atoms with E-state index in [1.165, 1.54) is 6.08 Å². The zero-order chi connectivity index (χ0) is 16.1. The summed E-state index contributed by atoms with van der Waals surface area (Å²) in [6, 6.07) is 10.9. The lowest BCUT2D eigenvalue weighted by molar-refractivity contribution is -0.127. The number of carbonyl (C=O) groups excluding carboxylic acids is 1. The highest BCUT2D eigenvalue weighted by Gasteiger charge is 2.15. The van der Waals surface area contributed by atoms with Gasteiger partial charge in [0.05, 0.1) is 25.6 Å². The number of furan rings is 3. The second-order valence-electron chi connectivity index (χ2n) is 5.13. The molecule has 0 saturated heterocycles. The zero-order valence-electron chi connectivity index (χ0n) is 12.8. The van der Waals surface area contributed by atoms with E-state index in [0.717, 1.165) is 5.76 Å². The van der Waals surface area contributed by atoms with E-state index in [4.69, 9.17) is 13.3 Å². The Morgan fingerprint density at radius 2 is 1.70 bits per heavy atom. The predicted molar refractivity (Wildman–Crippen MR) is 84.1 cm³/mol. The van der Waals surface area contributed by atoms with E-state index in [0.29, 0.717) is 30.4 Å². The number of hydrogen-bond donors (Lipinski definition) is 0. The molecule has 0 unspecified atom stereocenters. The fourth-order valence-electron chi connectivity index (χ4n) is 2.19. The van der Waals surface area contributed by atoms with Crippen LogP contribution in [-0.4, -0.2) is 10.8 Å². The number of aryl methyl sites for hydroxylation is 1. The predicted octanol–water partition coefficient (Wildman–Crippen LogP) is 4.02. The van der Waals surface area contributed by atoms with Crippen LogP contribution in [0.4, 0.5) is 0 Å². The van der Waals surface area contributed by atoms with Crippen molar-refractivity contribution < 1.29 is 18.0 Å². The van der Waals surface area contributed by atoms with Gasteiger partial charge in [0.25, 0.3) is 0 Å². The molecule has 3 aromatic heterocycles. The van der Waals surface area contributed by atoms with Gasteiger partial charge in [0.2, 0.25) is 5.91 Å². The maximum atomic E-state index is 12.5. The lowest BCUT2D eigenvalue weighted by atomic mass is 10.3. The van der Waals surface area contributed by atoms with Crippen LogP contribution in [0.15, 0.2) is 68.3 Å². The molecule has 3 rings (SSSR count). The summed E-state index contributed by atoms with van der Waals surface area (Å²) in [5.41, 5.74) is 0. The first-order valence-corrected chi connectivity index (χ1v) is 7.29. The molecule has 0 fully saturated rings. The SMILES string of the molecule is Cc1ccc(/C=C/C(=O)N(Cc2ccco2)Cc2ccco2)o1. The fraction of sp³-hybridized carbons (Fsp3) is 0.167. The average Bonchev–Trinajstić information content (AvgIpc) is 3.27. The largest absolute Gasteiger partial charge is 0.467 e.